The first kappa shape index (κ1) is 14.8. The molecule has 0 aromatic heterocycles. The lowest BCUT2D eigenvalue weighted by Crippen LogP contribution is -2.47. The van der Waals surface area contributed by atoms with Crippen LogP contribution in [0.25, 0.3) is 0 Å². The summed E-state index contributed by atoms with van der Waals surface area (Å²) >= 11 is 0. The van der Waals surface area contributed by atoms with Crippen molar-refractivity contribution in [1.82, 2.24) is 5.43 Å². The first-order valence-electron chi connectivity index (χ1n) is 8.00. The van der Waals surface area contributed by atoms with Crippen LogP contribution < -0.4 is 16.0 Å². The summed E-state index contributed by atoms with van der Waals surface area (Å²) in [5.74, 6) is 6.80. The number of methoxy groups -OCH3 is 1. The van der Waals surface area contributed by atoms with Gasteiger partial charge in [-0.3, -0.25) is 11.3 Å². The van der Waals surface area contributed by atoms with Gasteiger partial charge in [0.15, 0.2) is 0 Å². The molecule has 0 saturated heterocycles. The largest absolute Gasteiger partial charge is 0.493 e. The molecule has 1 unspecified atom stereocenters. The molecule has 116 valence electrons. The molecule has 1 aromatic carbocycles. The second-order valence-corrected chi connectivity index (χ2v) is 6.39. The number of rotatable bonds is 7. The van der Waals surface area contributed by atoms with Gasteiger partial charge in [-0.2, -0.15) is 0 Å². The van der Waals surface area contributed by atoms with E-state index in [0.29, 0.717) is 6.04 Å². The number of benzene rings is 1. The quantitative estimate of drug-likeness (QED) is 0.598. The Morgan fingerprint density at radius 2 is 2.29 bits per heavy atom. The number of hydrogen-bond donors (Lipinski definition) is 2. The van der Waals surface area contributed by atoms with Gasteiger partial charge in [-0.25, -0.2) is 0 Å². The Morgan fingerprint density at radius 1 is 1.43 bits per heavy atom. The molecule has 3 N–H and O–H groups in total. The monoisotopic (exact) mass is 290 g/mol. The molecular formula is C17H26N2O2. The van der Waals surface area contributed by atoms with Gasteiger partial charge in [0.05, 0.1) is 12.2 Å². The average Bonchev–Trinajstić information content (AvgIpc) is 2.93. The molecule has 3 rings (SSSR count). The van der Waals surface area contributed by atoms with Crippen molar-refractivity contribution in [2.24, 2.45) is 5.84 Å². The van der Waals surface area contributed by atoms with Crippen molar-refractivity contribution in [1.29, 1.82) is 0 Å². The molecule has 1 atom stereocenters. The lowest BCUT2D eigenvalue weighted by molar-refractivity contribution is -0.0838. The topological polar surface area (TPSA) is 56.5 Å². The number of hydrazine groups is 1. The van der Waals surface area contributed by atoms with Crippen LogP contribution in [0.1, 0.15) is 43.2 Å². The summed E-state index contributed by atoms with van der Waals surface area (Å²) in [6.07, 6.45) is 7.73. The minimum absolute atomic E-state index is 0.0722. The van der Waals surface area contributed by atoms with E-state index >= 15 is 0 Å². The van der Waals surface area contributed by atoms with E-state index in [4.69, 9.17) is 15.3 Å². The van der Waals surface area contributed by atoms with Gasteiger partial charge in [0.1, 0.15) is 5.75 Å². The second kappa shape index (κ2) is 6.34. The van der Waals surface area contributed by atoms with E-state index < -0.39 is 0 Å². The van der Waals surface area contributed by atoms with Gasteiger partial charge in [-0.1, -0.05) is 12.1 Å². The normalized spacial score (nSPS) is 20.5. The third-order valence-electron chi connectivity index (χ3n) is 5.09. The minimum Gasteiger partial charge on any atom is -0.493 e. The van der Waals surface area contributed by atoms with E-state index in [1.807, 2.05) is 7.11 Å². The molecule has 1 aliphatic heterocycles. The summed E-state index contributed by atoms with van der Waals surface area (Å²) < 4.78 is 11.3. The molecule has 1 aliphatic carbocycles. The zero-order valence-electron chi connectivity index (χ0n) is 12.9. The second-order valence-electron chi connectivity index (χ2n) is 6.39. The molecule has 4 heteroatoms. The standard InChI is InChI=1S/C17H26N2O2/c1-20-17(8-2-9-17)12-15(19-18)5-3-13-4-6-16-14(11-13)7-10-21-16/h4,6,11,15,19H,2-3,5,7-10,12,18H2,1H3. The maximum atomic E-state index is 5.74. The molecule has 1 aromatic rings. The Bertz CT molecular complexity index is 480. The third-order valence-corrected chi connectivity index (χ3v) is 5.09. The van der Waals surface area contributed by atoms with Gasteiger partial charge < -0.3 is 9.47 Å². The molecule has 1 fully saturated rings. The third kappa shape index (κ3) is 3.23. The summed E-state index contributed by atoms with van der Waals surface area (Å²) in [6.45, 7) is 0.822. The van der Waals surface area contributed by atoms with Gasteiger partial charge in [0.25, 0.3) is 0 Å². The molecule has 2 aliphatic rings. The maximum absolute atomic E-state index is 5.74. The molecule has 4 nitrogen and oxygen atoms in total. The van der Waals surface area contributed by atoms with Crippen molar-refractivity contribution in [3.05, 3.63) is 29.3 Å². The van der Waals surface area contributed by atoms with E-state index in [-0.39, 0.29) is 5.60 Å². The maximum Gasteiger partial charge on any atom is 0.122 e. The number of nitrogens with two attached hydrogens (primary N) is 1. The van der Waals surface area contributed by atoms with Crippen molar-refractivity contribution < 1.29 is 9.47 Å². The Balaban J connectivity index is 1.55. The van der Waals surface area contributed by atoms with Crippen molar-refractivity contribution >= 4 is 0 Å². The molecule has 0 radical (unpaired) electrons. The lowest BCUT2D eigenvalue weighted by Gasteiger charge is -2.42. The zero-order valence-corrected chi connectivity index (χ0v) is 12.9. The molecule has 0 bridgehead atoms. The Labute approximate surface area is 127 Å². The SMILES string of the molecule is COC1(CC(CCc2ccc3c(c2)CCO3)NN)CCC1. The van der Waals surface area contributed by atoms with Crippen LogP contribution in [0.15, 0.2) is 18.2 Å². The fourth-order valence-electron chi connectivity index (χ4n) is 3.49. The molecule has 0 spiro atoms. The fourth-order valence-corrected chi connectivity index (χ4v) is 3.49. The highest BCUT2D eigenvalue weighted by Gasteiger charge is 2.38. The minimum atomic E-state index is 0.0722. The van der Waals surface area contributed by atoms with E-state index in [0.717, 1.165) is 50.9 Å². The smallest absolute Gasteiger partial charge is 0.122 e. The van der Waals surface area contributed by atoms with Gasteiger partial charge in [0.2, 0.25) is 0 Å². The summed E-state index contributed by atoms with van der Waals surface area (Å²) in [5.41, 5.74) is 5.77. The van der Waals surface area contributed by atoms with Crippen molar-refractivity contribution in [2.75, 3.05) is 13.7 Å². The molecular weight excluding hydrogens is 264 g/mol. The highest BCUT2D eigenvalue weighted by atomic mass is 16.5. The summed E-state index contributed by atoms with van der Waals surface area (Å²) in [7, 11) is 1.83. The van der Waals surface area contributed by atoms with E-state index in [1.54, 1.807) is 0 Å². The highest BCUT2D eigenvalue weighted by molar-refractivity contribution is 5.39. The number of ether oxygens (including phenoxy) is 2. The predicted octanol–water partition coefficient (Wildman–Crippen LogP) is 2.35. The first-order chi connectivity index (χ1) is 10.2. The van der Waals surface area contributed by atoms with Gasteiger partial charge in [0, 0.05) is 19.6 Å². The molecule has 21 heavy (non-hydrogen) atoms. The van der Waals surface area contributed by atoms with Crippen molar-refractivity contribution in [3.8, 4) is 5.75 Å². The molecule has 0 amide bonds. The summed E-state index contributed by atoms with van der Waals surface area (Å²) in [4.78, 5) is 0. The van der Waals surface area contributed by atoms with Gasteiger partial charge >= 0.3 is 0 Å². The zero-order chi connectivity index (χ0) is 14.7. The average molecular weight is 290 g/mol. The van der Waals surface area contributed by atoms with Crippen molar-refractivity contribution in [2.45, 2.75) is 56.6 Å². The van der Waals surface area contributed by atoms with Crippen LogP contribution in [-0.2, 0) is 17.6 Å². The molecule has 1 heterocycles. The van der Waals surface area contributed by atoms with Gasteiger partial charge in [-0.15, -0.1) is 0 Å². The van der Waals surface area contributed by atoms with Crippen molar-refractivity contribution in [3.63, 3.8) is 0 Å². The van der Waals surface area contributed by atoms with Crippen LogP contribution in [0.3, 0.4) is 0 Å². The Morgan fingerprint density at radius 3 is 2.95 bits per heavy atom. The van der Waals surface area contributed by atoms with Crippen LogP contribution in [0.5, 0.6) is 5.75 Å². The van der Waals surface area contributed by atoms with E-state index in [2.05, 4.69) is 23.6 Å². The number of fused-ring (bicyclic) bond motifs is 1. The summed E-state index contributed by atoms with van der Waals surface area (Å²) in [6, 6.07) is 6.87. The van der Waals surface area contributed by atoms with E-state index in [9.17, 15) is 0 Å². The Hall–Kier alpha value is -1.10. The van der Waals surface area contributed by atoms with Crippen LogP contribution in [0.2, 0.25) is 0 Å². The van der Waals surface area contributed by atoms with E-state index in [1.165, 1.54) is 17.5 Å². The highest BCUT2D eigenvalue weighted by Crippen LogP contribution is 2.39. The number of nitrogens with one attached hydrogen (secondary N) is 1. The molecule has 1 saturated carbocycles. The number of aryl methyl sites for hydroxylation is 1. The first-order valence-corrected chi connectivity index (χ1v) is 8.00. The number of hydrogen-bond acceptors (Lipinski definition) is 4. The van der Waals surface area contributed by atoms with Crippen LogP contribution >= 0.6 is 0 Å². The summed E-state index contributed by atoms with van der Waals surface area (Å²) in [5, 5.41) is 0. The van der Waals surface area contributed by atoms with Crippen LogP contribution in [-0.4, -0.2) is 25.4 Å². The van der Waals surface area contributed by atoms with Gasteiger partial charge in [-0.05, 0) is 55.7 Å². The predicted molar refractivity (Wildman–Crippen MR) is 83.3 cm³/mol. The van der Waals surface area contributed by atoms with Crippen LogP contribution in [0, 0.1) is 0 Å². The van der Waals surface area contributed by atoms with Crippen LogP contribution in [0.4, 0.5) is 0 Å². The lowest BCUT2D eigenvalue weighted by atomic mass is 9.75. The fraction of sp³-hybridized carbons (Fsp3) is 0.647. The Kier molecular flexibility index (Phi) is 4.48.